The van der Waals surface area contributed by atoms with Crippen LogP contribution in [0.3, 0.4) is 0 Å². The fourth-order valence-corrected chi connectivity index (χ4v) is 3.97. The maximum atomic E-state index is 4.62. The minimum absolute atomic E-state index is 0.622. The number of hydrogen-bond donors (Lipinski definition) is 0. The molecule has 0 atom stereocenters. The van der Waals surface area contributed by atoms with Gasteiger partial charge in [-0.15, -0.1) is 0 Å². The van der Waals surface area contributed by atoms with E-state index in [4.69, 9.17) is 0 Å². The van der Waals surface area contributed by atoms with E-state index in [0.717, 1.165) is 6.42 Å². The predicted molar refractivity (Wildman–Crippen MR) is 87.4 cm³/mol. The molecule has 2 aliphatic rings. The fourth-order valence-electron chi connectivity index (χ4n) is 3.97. The quantitative estimate of drug-likeness (QED) is 0.819. The largest absolute Gasteiger partial charge is 0.303 e. The molecule has 1 aromatic heterocycles. The molecule has 1 aliphatic heterocycles. The zero-order valence-electron chi connectivity index (χ0n) is 14.0. The number of nitrogens with zero attached hydrogens (tertiary/aromatic N) is 3. The van der Waals surface area contributed by atoms with Gasteiger partial charge in [0.25, 0.3) is 0 Å². The van der Waals surface area contributed by atoms with Crippen molar-refractivity contribution in [3.05, 3.63) is 18.0 Å². The summed E-state index contributed by atoms with van der Waals surface area (Å²) < 4.78 is 2.24. The average Bonchev–Trinajstić information content (AvgIpc) is 2.85. The lowest BCUT2D eigenvalue weighted by Gasteiger charge is -2.44. The van der Waals surface area contributed by atoms with Gasteiger partial charge in [-0.05, 0) is 49.0 Å². The van der Waals surface area contributed by atoms with Crippen LogP contribution in [-0.2, 0) is 6.42 Å². The minimum Gasteiger partial charge on any atom is -0.303 e. The highest BCUT2D eigenvalue weighted by Gasteiger charge is 2.34. The summed E-state index contributed by atoms with van der Waals surface area (Å²) in [6.45, 7) is 10.8. The van der Waals surface area contributed by atoms with E-state index in [2.05, 4.69) is 47.8 Å². The molecule has 1 aliphatic carbocycles. The Bertz CT molecular complexity index is 451. The van der Waals surface area contributed by atoms with Crippen molar-refractivity contribution in [2.45, 2.75) is 65.3 Å². The lowest BCUT2D eigenvalue weighted by molar-refractivity contribution is 0.0637. The SMILES string of the molecule is CC(C)Cc1cnn(C2CCN(CC3(C)CCC3)CC2)c1. The standard InChI is InChI=1S/C18H31N3/c1-15(2)11-16-12-19-21(13-16)17-5-9-20(10-6-17)14-18(3)7-4-8-18/h12-13,15,17H,4-11,14H2,1-3H3. The van der Waals surface area contributed by atoms with Crippen molar-refractivity contribution in [3.8, 4) is 0 Å². The van der Waals surface area contributed by atoms with Gasteiger partial charge in [0.1, 0.15) is 0 Å². The van der Waals surface area contributed by atoms with Crippen molar-refractivity contribution >= 4 is 0 Å². The third-order valence-corrected chi connectivity index (χ3v) is 5.40. The van der Waals surface area contributed by atoms with Gasteiger partial charge >= 0.3 is 0 Å². The number of piperidine rings is 1. The van der Waals surface area contributed by atoms with Crippen molar-refractivity contribution in [1.82, 2.24) is 14.7 Å². The van der Waals surface area contributed by atoms with E-state index in [9.17, 15) is 0 Å². The molecule has 3 heteroatoms. The number of hydrogen-bond acceptors (Lipinski definition) is 2. The molecule has 2 fully saturated rings. The first-order chi connectivity index (χ1) is 10.0. The molecule has 3 rings (SSSR count). The predicted octanol–water partition coefficient (Wildman–Crippen LogP) is 3.91. The van der Waals surface area contributed by atoms with Crippen LogP contribution in [0.1, 0.15) is 64.5 Å². The second kappa shape index (κ2) is 6.12. The summed E-state index contributed by atoms with van der Waals surface area (Å²) in [4.78, 5) is 2.69. The van der Waals surface area contributed by atoms with Gasteiger partial charge < -0.3 is 4.90 Å². The van der Waals surface area contributed by atoms with Crippen molar-refractivity contribution in [2.75, 3.05) is 19.6 Å². The van der Waals surface area contributed by atoms with Crippen LogP contribution in [0.25, 0.3) is 0 Å². The third kappa shape index (κ3) is 3.68. The lowest BCUT2D eigenvalue weighted by atomic mass is 9.70. The van der Waals surface area contributed by atoms with E-state index in [1.807, 2.05) is 0 Å². The monoisotopic (exact) mass is 289 g/mol. The van der Waals surface area contributed by atoms with Crippen LogP contribution >= 0.6 is 0 Å². The Morgan fingerprint density at radius 1 is 1.29 bits per heavy atom. The van der Waals surface area contributed by atoms with Gasteiger partial charge in [-0.3, -0.25) is 4.68 Å². The number of rotatable bonds is 5. The molecule has 1 saturated carbocycles. The molecule has 21 heavy (non-hydrogen) atoms. The van der Waals surface area contributed by atoms with Crippen LogP contribution in [-0.4, -0.2) is 34.3 Å². The van der Waals surface area contributed by atoms with Gasteiger partial charge in [0.2, 0.25) is 0 Å². The van der Waals surface area contributed by atoms with Gasteiger partial charge in [-0.1, -0.05) is 27.2 Å². The Hall–Kier alpha value is -0.830. The van der Waals surface area contributed by atoms with E-state index in [1.165, 1.54) is 57.3 Å². The molecular formula is C18H31N3. The Morgan fingerprint density at radius 2 is 2.00 bits per heavy atom. The van der Waals surface area contributed by atoms with Gasteiger partial charge in [-0.25, -0.2) is 0 Å². The summed E-state index contributed by atoms with van der Waals surface area (Å²) in [6.07, 6.45) is 12.3. The molecule has 0 unspecified atom stereocenters. The number of likely N-dealkylation sites (tertiary alicyclic amines) is 1. The molecule has 0 N–H and O–H groups in total. The number of aromatic nitrogens is 2. The topological polar surface area (TPSA) is 21.1 Å². The van der Waals surface area contributed by atoms with Gasteiger partial charge in [0, 0.05) is 25.8 Å². The summed E-state index contributed by atoms with van der Waals surface area (Å²) >= 11 is 0. The van der Waals surface area contributed by atoms with Crippen LogP contribution in [0.5, 0.6) is 0 Å². The molecule has 118 valence electrons. The maximum Gasteiger partial charge on any atom is 0.0543 e. The van der Waals surface area contributed by atoms with Crippen LogP contribution < -0.4 is 0 Å². The van der Waals surface area contributed by atoms with Crippen molar-refractivity contribution in [2.24, 2.45) is 11.3 Å². The molecule has 0 aromatic carbocycles. The van der Waals surface area contributed by atoms with E-state index in [0.29, 0.717) is 17.4 Å². The van der Waals surface area contributed by atoms with Crippen LogP contribution in [0.2, 0.25) is 0 Å². The van der Waals surface area contributed by atoms with E-state index in [1.54, 1.807) is 0 Å². The highest BCUT2D eigenvalue weighted by atomic mass is 15.3. The summed E-state index contributed by atoms with van der Waals surface area (Å²) in [5, 5.41) is 4.62. The molecule has 0 bridgehead atoms. The van der Waals surface area contributed by atoms with Crippen molar-refractivity contribution in [1.29, 1.82) is 0 Å². The Morgan fingerprint density at radius 3 is 2.57 bits per heavy atom. The smallest absolute Gasteiger partial charge is 0.0543 e. The van der Waals surface area contributed by atoms with Crippen LogP contribution in [0, 0.1) is 11.3 Å². The summed E-state index contributed by atoms with van der Waals surface area (Å²) in [6, 6.07) is 0.622. The summed E-state index contributed by atoms with van der Waals surface area (Å²) in [5.41, 5.74) is 2.03. The normalized spacial score (nSPS) is 23.4. The first-order valence-corrected chi connectivity index (χ1v) is 8.79. The second-order valence-electron chi connectivity index (χ2n) is 8.10. The molecule has 0 amide bonds. The second-order valence-corrected chi connectivity index (χ2v) is 8.10. The third-order valence-electron chi connectivity index (χ3n) is 5.40. The first-order valence-electron chi connectivity index (χ1n) is 8.79. The highest BCUT2D eigenvalue weighted by molar-refractivity contribution is 5.05. The van der Waals surface area contributed by atoms with E-state index in [-0.39, 0.29) is 0 Å². The van der Waals surface area contributed by atoms with Crippen molar-refractivity contribution in [3.63, 3.8) is 0 Å². The maximum absolute atomic E-state index is 4.62. The zero-order valence-corrected chi connectivity index (χ0v) is 14.0. The first kappa shape index (κ1) is 15.1. The van der Waals surface area contributed by atoms with Crippen LogP contribution in [0.4, 0.5) is 0 Å². The van der Waals surface area contributed by atoms with Crippen LogP contribution in [0.15, 0.2) is 12.4 Å². The average molecular weight is 289 g/mol. The molecular weight excluding hydrogens is 258 g/mol. The molecule has 0 radical (unpaired) electrons. The minimum atomic E-state index is 0.622. The highest BCUT2D eigenvalue weighted by Crippen LogP contribution is 2.41. The Balaban J connectivity index is 1.49. The summed E-state index contributed by atoms with van der Waals surface area (Å²) in [7, 11) is 0. The Labute approximate surface area is 129 Å². The Kier molecular flexibility index (Phi) is 4.39. The van der Waals surface area contributed by atoms with E-state index >= 15 is 0 Å². The van der Waals surface area contributed by atoms with Gasteiger partial charge in [0.15, 0.2) is 0 Å². The lowest BCUT2D eigenvalue weighted by Crippen LogP contribution is -2.44. The van der Waals surface area contributed by atoms with Gasteiger partial charge in [-0.2, -0.15) is 5.10 Å². The zero-order chi connectivity index (χ0) is 14.9. The fraction of sp³-hybridized carbons (Fsp3) is 0.833. The molecule has 2 heterocycles. The van der Waals surface area contributed by atoms with Crippen molar-refractivity contribution < 1.29 is 0 Å². The molecule has 0 spiro atoms. The summed E-state index contributed by atoms with van der Waals surface area (Å²) in [5.74, 6) is 0.715. The molecule has 3 nitrogen and oxygen atoms in total. The van der Waals surface area contributed by atoms with E-state index < -0.39 is 0 Å². The van der Waals surface area contributed by atoms with Gasteiger partial charge in [0.05, 0.1) is 12.2 Å². The molecule has 1 saturated heterocycles. The molecule has 1 aromatic rings.